The summed E-state index contributed by atoms with van der Waals surface area (Å²) < 4.78 is 5.16. The van der Waals surface area contributed by atoms with Gasteiger partial charge in [-0.25, -0.2) is 0 Å². The minimum absolute atomic E-state index is 0.266. The van der Waals surface area contributed by atoms with Crippen LogP contribution in [-0.2, 0) is 13.1 Å². The lowest BCUT2D eigenvalue weighted by Crippen LogP contribution is -2.25. The molecular weight excluding hydrogens is 320 g/mol. The largest absolute Gasteiger partial charge is 0.467 e. The number of aromatic nitrogens is 2. The maximum Gasteiger partial charge on any atom is 0.253 e. The van der Waals surface area contributed by atoms with Crippen molar-refractivity contribution in [3.63, 3.8) is 0 Å². The van der Waals surface area contributed by atoms with E-state index in [2.05, 4.69) is 20.6 Å². The van der Waals surface area contributed by atoms with E-state index in [0.717, 1.165) is 5.69 Å². The van der Waals surface area contributed by atoms with Gasteiger partial charge in [-0.05, 0) is 30.3 Å². The second-order valence-electron chi connectivity index (χ2n) is 5.23. The summed E-state index contributed by atoms with van der Waals surface area (Å²) in [6, 6.07) is 10.5. The van der Waals surface area contributed by atoms with E-state index >= 15 is 0 Å². The Balaban J connectivity index is 1.60. The third kappa shape index (κ3) is 4.51. The minimum atomic E-state index is -0.330. The summed E-state index contributed by atoms with van der Waals surface area (Å²) in [7, 11) is 0. The summed E-state index contributed by atoms with van der Waals surface area (Å²) in [5.41, 5.74) is 1.36. The number of hydrogen-bond acceptors (Lipinski definition) is 5. The van der Waals surface area contributed by atoms with Crippen LogP contribution in [0.1, 0.15) is 32.2 Å². The van der Waals surface area contributed by atoms with Gasteiger partial charge in [0.1, 0.15) is 5.76 Å². The first kappa shape index (κ1) is 16.4. The smallest absolute Gasteiger partial charge is 0.253 e. The molecule has 0 saturated heterocycles. The summed E-state index contributed by atoms with van der Waals surface area (Å²) in [5, 5.41) is 5.46. The van der Waals surface area contributed by atoms with Crippen molar-refractivity contribution >= 4 is 11.8 Å². The predicted octanol–water partition coefficient (Wildman–Crippen LogP) is 1.93. The summed E-state index contributed by atoms with van der Waals surface area (Å²) >= 11 is 0. The average Bonchev–Trinajstić information content (AvgIpc) is 3.18. The SMILES string of the molecule is O=C(NCc1ccccn1)c1cncc(C(=O)NCc2ccco2)c1. The fraction of sp³-hybridized carbons (Fsp3) is 0.111. The lowest BCUT2D eigenvalue weighted by atomic mass is 10.2. The van der Waals surface area contributed by atoms with Crippen molar-refractivity contribution in [2.75, 3.05) is 0 Å². The number of hydrogen-bond donors (Lipinski definition) is 2. The highest BCUT2D eigenvalue weighted by atomic mass is 16.3. The molecule has 7 heteroatoms. The maximum atomic E-state index is 12.2. The molecule has 0 unspecified atom stereocenters. The zero-order valence-electron chi connectivity index (χ0n) is 13.3. The molecule has 0 aliphatic carbocycles. The molecule has 2 amide bonds. The van der Waals surface area contributed by atoms with Crippen LogP contribution in [0.15, 0.2) is 65.7 Å². The highest BCUT2D eigenvalue weighted by Crippen LogP contribution is 2.05. The standard InChI is InChI=1S/C18H16N4O3/c23-17(21-11-15-4-1-2-6-20-15)13-8-14(10-19-9-13)18(24)22-12-16-5-3-7-25-16/h1-10H,11-12H2,(H,21,23)(H,22,24). The van der Waals surface area contributed by atoms with E-state index in [0.29, 0.717) is 23.4 Å². The van der Waals surface area contributed by atoms with E-state index in [4.69, 9.17) is 4.42 Å². The van der Waals surface area contributed by atoms with Gasteiger partial charge >= 0.3 is 0 Å². The van der Waals surface area contributed by atoms with Crippen LogP contribution in [0.4, 0.5) is 0 Å². The molecule has 3 aromatic rings. The monoisotopic (exact) mass is 336 g/mol. The topological polar surface area (TPSA) is 97.1 Å². The van der Waals surface area contributed by atoms with Crippen LogP contribution in [-0.4, -0.2) is 21.8 Å². The normalized spacial score (nSPS) is 10.2. The van der Waals surface area contributed by atoms with Gasteiger partial charge in [0, 0.05) is 18.6 Å². The molecule has 126 valence electrons. The Bertz CT molecular complexity index is 848. The Kier molecular flexibility index (Phi) is 5.16. The van der Waals surface area contributed by atoms with Crippen LogP contribution in [0.2, 0.25) is 0 Å². The lowest BCUT2D eigenvalue weighted by molar-refractivity contribution is 0.0947. The molecule has 7 nitrogen and oxygen atoms in total. The molecule has 3 heterocycles. The third-order valence-electron chi connectivity index (χ3n) is 3.42. The number of nitrogens with zero attached hydrogens (tertiary/aromatic N) is 2. The molecule has 2 N–H and O–H groups in total. The summed E-state index contributed by atoms with van der Waals surface area (Å²) in [5.74, 6) is -0.00678. The third-order valence-corrected chi connectivity index (χ3v) is 3.42. The first-order chi connectivity index (χ1) is 12.2. The van der Waals surface area contributed by atoms with Gasteiger partial charge in [-0.2, -0.15) is 0 Å². The number of carbonyl (C=O) groups excluding carboxylic acids is 2. The van der Waals surface area contributed by atoms with Crippen LogP contribution in [0.3, 0.4) is 0 Å². The zero-order chi connectivity index (χ0) is 17.5. The summed E-state index contributed by atoms with van der Waals surface area (Å²) in [4.78, 5) is 32.5. The molecule has 0 atom stereocenters. The van der Waals surface area contributed by atoms with Crippen LogP contribution in [0.25, 0.3) is 0 Å². The maximum absolute atomic E-state index is 12.2. The van der Waals surface area contributed by atoms with Crippen molar-refractivity contribution in [2.45, 2.75) is 13.1 Å². The van der Waals surface area contributed by atoms with Crippen molar-refractivity contribution in [3.8, 4) is 0 Å². The van der Waals surface area contributed by atoms with E-state index in [-0.39, 0.29) is 18.4 Å². The molecule has 0 aromatic carbocycles. The van der Waals surface area contributed by atoms with E-state index in [9.17, 15) is 9.59 Å². The van der Waals surface area contributed by atoms with Crippen molar-refractivity contribution < 1.29 is 14.0 Å². The molecule has 0 aliphatic rings. The molecule has 0 bridgehead atoms. The Labute approximate surface area is 144 Å². The molecule has 0 fully saturated rings. The second kappa shape index (κ2) is 7.87. The van der Waals surface area contributed by atoms with Crippen molar-refractivity contribution in [1.29, 1.82) is 0 Å². The van der Waals surface area contributed by atoms with Crippen molar-refractivity contribution in [1.82, 2.24) is 20.6 Å². The van der Waals surface area contributed by atoms with Crippen molar-refractivity contribution in [3.05, 3.63) is 83.8 Å². The molecule has 0 saturated carbocycles. The average molecular weight is 336 g/mol. The van der Waals surface area contributed by atoms with Crippen LogP contribution in [0, 0.1) is 0 Å². The number of rotatable bonds is 6. The van der Waals surface area contributed by atoms with Crippen molar-refractivity contribution in [2.24, 2.45) is 0 Å². The van der Waals surface area contributed by atoms with Crippen LogP contribution in [0.5, 0.6) is 0 Å². The molecule has 3 aromatic heterocycles. The van der Waals surface area contributed by atoms with Crippen LogP contribution >= 0.6 is 0 Å². The molecular formula is C18H16N4O3. The summed E-state index contributed by atoms with van der Waals surface area (Å²) in [6.45, 7) is 0.566. The van der Waals surface area contributed by atoms with Crippen LogP contribution < -0.4 is 10.6 Å². The van der Waals surface area contributed by atoms with Gasteiger partial charge < -0.3 is 15.1 Å². The molecule has 0 spiro atoms. The highest BCUT2D eigenvalue weighted by Gasteiger charge is 2.11. The minimum Gasteiger partial charge on any atom is -0.467 e. The predicted molar refractivity (Wildman–Crippen MR) is 89.5 cm³/mol. The molecule has 25 heavy (non-hydrogen) atoms. The first-order valence-electron chi connectivity index (χ1n) is 7.66. The number of carbonyl (C=O) groups is 2. The fourth-order valence-electron chi connectivity index (χ4n) is 2.15. The Morgan fingerprint density at radius 1 is 0.960 bits per heavy atom. The molecule has 0 aliphatic heterocycles. The van der Waals surface area contributed by atoms with Gasteiger partial charge in [0.25, 0.3) is 11.8 Å². The number of pyridine rings is 2. The zero-order valence-corrected chi connectivity index (χ0v) is 13.3. The lowest BCUT2D eigenvalue weighted by Gasteiger charge is -2.07. The highest BCUT2D eigenvalue weighted by molar-refractivity contribution is 5.99. The van der Waals surface area contributed by atoms with Gasteiger partial charge in [0.15, 0.2) is 0 Å². The van der Waals surface area contributed by atoms with Gasteiger partial charge in [-0.3, -0.25) is 19.6 Å². The quantitative estimate of drug-likeness (QED) is 0.717. The van der Waals surface area contributed by atoms with Gasteiger partial charge in [-0.1, -0.05) is 6.07 Å². The van der Waals surface area contributed by atoms with Gasteiger partial charge in [-0.15, -0.1) is 0 Å². The van der Waals surface area contributed by atoms with Gasteiger partial charge in [0.05, 0.1) is 36.2 Å². The van der Waals surface area contributed by atoms with E-state index < -0.39 is 0 Å². The fourth-order valence-corrected chi connectivity index (χ4v) is 2.15. The van der Waals surface area contributed by atoms with E-state index in [1.54, 1.807) is 24.4 Å². The Morgan fingerprint density at radius 2 is 1.72 bits per heavy atom. The van der Waals surface area contributed by atoms with E-state index in [1.807, 2.05) is 12.1 Å². The van der Waals surface area contributed by atoms with Gasteiger partial charge in [0.2, 0.25) is 0 Å². The number of amides is 2. The molecule has 0 radical (unpaired) electrons. The Morgan fingerprint density at radius 3 is 2.36 bits per heavy atom. The number of nitrogens with one attached hydrogen (secondary N) is 2. The molecule has 3 rings (SSSR count). The summed E-state index contributed by atoms with van der Waals surface area (Å²) in [6.07, 6.45) is 6.02. The number of furan rings is 1. The second-order valence-corrected chi connectivity index (χ2v) is 5.23. The van der Waals surface area contributed by atoms with E-state index in [1.165, 1.54) is 24.7 Å². The Hall–Kier alpha value is -3.48. The first-order valence-corrected chi connectivity index (χ1v) is 7.66.